The normalized spacial score (nSPS) is 12.4. The summed E-state index contributed by atoms with van der Waals surface area (Å²) in [6.07, 6.45) is 1.02. The maximum absolute atomic E-state index is 6.54. The maximum Gasteiger partial charge on any atom is 0.119 e. The van der Waals surface area contributed by atoms with E-state index >= 15 is 0 Å². The number of ether oxygens (including phenoxy) is 1. The highest BCUT2D eigenvalue weighted by molar-refractivity contribution is 6.21. The molecule has 3 heteroatoms. The third-order valence-electron chi connectivity index (χ3n) is 3.48. The molecule has 2 nitrogen and oxygen atoms in total. The molecule has 118 valence electrons. The zero-order valence-electron chi connectivity index (χ0n) is 13.3. The molecule has 0 fully saturated rings. The second-order valence-corrected chi connectivity index (χ2v) is 6.09. The minimum absolute atomic E-state index is 0.0195. The van der Waals surface area contributed by atoms with Crippen molar-refractivity contribution in [2.24, 2.45) is 0 Å². The van der Waals surface area contributed by atoms with Gasteiger partial charge in [0.05, 0.1) is 12.0 Å². The van der Waals surface area contributed by atoms with Gasteiger partial charge in [-0.3, -0.25) is 0 Å². The van der Waals surface area contributed by atoms with Crippen LogP contribution >= 0.6 is 11.6 Å². The number of benzene rings is 2. The van der Waals surface area contributed by atoms with Gasteiger partial charge >= 0.3 is 0 Å². The van der Waals surface area contributed by atoms with Crippen LogP contribution in [0.15, 0.2) is 54.6 Å². The molecule has 0 N–H and O–H groups in total. The van der Waals surface area contributed by atoms with Crippen LogP contribution in [-0.4, -0.2) is 25.1 Å². The summed E-state index contributed by atoms with van der Waals surface area (Å²) in [6, 6.07) is 18.6. The van der Waals surface area contributed by atoms with E-state index in [2.05, 4.69) is 55.3 Å². The number of rotatable bonds is 8. The third kappa shape index (κ3) is 5.36. The number of halogens is 1. The number of nitrogens with zero attached hydrogens (tertiary/aromatic N) is 1. The van der Waals surface area contributed by atoms with Crippen molar-refractivity contribution < 1.29 is 4.74 Å². The van der Waals surface area contributed by atoms with Gasteiger partial charge in [0, 0.05) is 13.1 Å². The van der Waals surface area contributed by atoms with Crippen molar-refractivity contribution in [3.8, 4) is 5.75 Å². The molecule has 0 amide bonds. The lowest BCUT2D eigenvalue weighted by molar-refractivity contribution is 0.316. The van der Waals surface area contributed by atoms with Crippen molar-refractivity contribution in [3.63, 3.8) is 0 Å². The Bertz CT molecular complexity index is 541. The molecule has 2 aromatic rings. The SMILES string of the molecule is CCCOc1ccc(C(Cl)CN(C)Cc2ccccc2)cc1. The molecular weight excluding hydrogens is 294 g/mol. The van der Waals surface area contributed by atoms with E-state index in [0.717, 1.165) is 37.4 Å². The van der Waals surface area contributed by atoms with Gasteiger partial charge in [0.1, 0.15) is 5.75 Å². The van der Waals surface area contributed by atoms with Gasteiger partial charge < -0.3 is 9.64 Å². The fraction of sp³-hybridized carbons (Fsp3) is 0.368. The highest BCUT2D eigenvalue weighted by Crippen LogP contribution is 2.24. The maximum atomic E-state index is 6.54. The monoisotopic (exact) mass is 317 g/mol. The molecule has 2 aromatic carbocycles. The van der Waals surface area contributed by atoms with Crippen LogP contribution in [0.2, 0.25) is 0 Å². The Labute approximate surface area is 138 Å². The first-order valence-electron chi connectivity index (χ1n) is 7.78. The second kappa shape index (κ2) is 8.82. The lowest BCUT2D eigenvalue weighted by atomic mass is 10.1. The third-order valence-corrected chi connectivity index (χ3v) is 3.87. The molecule has 0 saturated heterocycles. The highest BCUT2D eigenvalue weighted by atomic mass is 35.5. The van der Waals surface area contributed by atoms with Crippen molar-refractivity contribution in [3.05, 3.63) is 65.7 Å². The van der Waals surface area contributed by atoms with E-state index < -0.39 is 0 Å². The van der Waals surface area contributed by atoms with Crippen molar-refractivity contribution in [2.75, 3.05) is 20.2 Å². The number of hydrogen-bond acceptors (Lipinski definition) is 2. The van der Waals surface area contributed by atoms with Crippen LogP contribution in [0.3, 0.4) is 0 Å². The van der Waals surface area contributed by atoms with Crippen molar-refractivity contribution in [2.45, 2.75) is 25.3 Å². The fourth-order valence-electron chi connectivity index (χ4n) is 2.33. The molecule has 0 spiro atoms. The molecule has 0 aliphatic rings. The predicted molar refractivity (Wildman–Crippen MR) is 93.6 cm³/mol. The molecule has 0 aromatic heterocycles. The largest absolute Gasteiger partial charge is 0.494 e. The second-order valence-electron chi connectivity index (χ2n) is 5.57. The van der Waals surface area contributed by atoms with E-state index in [-0.39, 0.29) is 5.38 Å². The molecule has 0 heterocycles. The van der Waals surface area contributed by atoms with Gasteiger partial charge in [-0.05, 0) is 36.7 Å². The summed E-state index contributed by atoms with van der Waals surface area (Å²) in [4.78, 5) is 2.24. The fourth-order valence-corrected chi connectivity index (χ4v) is 2.71. The van der Waals surface area contributed by atoms with E-state index in [1.54, 1.807) is 0 Å². The molecule has 0 bridgehead atoms. The molecule has 1 atom stereocenters. The summed E-state index contributed by atoms with van der Waals surface area (Å²) >= 11 is 6.54. The Morgan fingerprint density at radius 3 is 2.36 bits per heavy atom. The minimum atomic E-state index is -0.0195. The Morgan fingerprint density at radius 1 is 1.05 bits per heavy atom. The van der Waals surface area contributed by atoms with Crippen LogP contribution in [-0.2, 0) is 6.54 Å². The molecule has 0 radical (unpaired) electrons. The summed E-state index contributed by atoms with van der Waals surface area (Å²) < 4.78 is 5.60. The summed E-state index contributed by atoms with van der Waals surface area (Å²) in [5, 5.41) is -0.0195. The number of alkyl halides is 1. The summed E-state index contributed by atoms with van der Waals surface area (Å²) in [5.74, 6) is 0.909. The average molecular weight is 318 g/mol. The summed E-state index contributed by atoms with van der Waals surface area (Å²) in [5.41, 5.74) is 2.43. The zero-order chi connectivity index (χ0) is 15.8. The average Bonchev–Trinajstić information content (AvgIpc) is 2.54. The van der Waals surface area contributed by atoms with Gasteiger partial charge in [0.15, 0.2) is 0 Å². The van der Waals surface area contributed by atoms with Gasteiger partial charge in [-0.25, -0.2) is 0 Å². The standard InChI is InChI=1S/C19H24ClNO/c1-3-13-22-18-11-9-17(10-12-18)19(20)15-21(2)14-16-7-5-4-6-8-16/h4-12,19H,3,13-15H2,1-2H3. The quantitative estimate of drug-likeness (QED) is 0.643. The Morgan fingerprint density at radius 2 is 1.73 bits per heavy atom. The Hall–Kier alpha value is -1.51. The van der Waals surface area contributed by atoms with E-state index in [9.17, 15) is 0 Å². The topological polar surface area (TPSA) is 12.5 Å². The van der Waals surface area contributed by atoms with Crippen LogP contribution in [0.5, 0.6) is 5.75 Å². The first-order chi connectivity index (χ1) is 10.7. The van der Waals surface area contributed by atoms with Crippen LogP contribution in [0, 0.1) is 0 Å². The van der Waals surface area contributed by atoms with E-state index in [1.807, 2.05) is 18.2 Å². The van der Waals surface area contributed by atoms with Crippen LogP contribution in [0.1, 0.15) is 29.8 Å². The van der Waals surface area contributed by atoms with E-state index in [0.29, 0.717) is 0 Å². The van der Waals surface area contributed by atoms with Gasteiger partial charge in [0.25, 0.3) is 0 Å². The minimum Gasteiger partial charge on any atom is -0.494 e. The number of likely N-dealkylation sites (N-methyl/N-ethyl adjacent to an activating group) is 1. The Balaban J connectivity index is 1.87. The van der Waals surface area contributed by atoms with Crippen LogP contribution in [0.25, 0.3) is 0 Å². The lowest BCUT2D eigenvalue weighted by Crippen LogP contribution is -2.22. The molecule has 0 aliphatic carbocycles. The van der Waals surface area contributed by atoms with Crippen LogP contribution < -0.4 is 4.74 Å². The predicted octanol–water partition coefficient (Wildman–Crippen LogP) is 4.89. The van der Waals surface area contributed by atoms with E-state index in [1.165, 1.54) is 5.56 Å². The van der Waals surface area contributed by atoms with Crippen molar-refractivity contribution in [1.82, 2.24) is 4.90 Å². The summed E-state index contributed by atoms with van der Waals surface area (Å²) in [6.45, 7) is 4.57. The van der Waals surface area contributed by atoms with E-state index in [4.69, 9.17) is 16.3 Å². The molecule has 1 unspecified atom stereocenters. The highest BCUT2D eigenvalue weighted by Gasteiger charge is 2.11. The van der Waals surface area contributed by atoms with Gasteiger partial charge in [0.2, 0.25) is 0 Å². The molecule has 2 rings (SSSR count). The lowest BCUT2D eigenvalue weighted by Gasteiger charge is -2.20. The van der Waals surface area contributed by atoms with Gasteiger partial charge in [-0.1, -0.05) is 49.4 Å². The van der Waals surface area contributed by atoms with Crippen molar-refractivity contribution >= 4 is 11.6 Å². The van der Waals surface area contributed by atoms with Crippen LogP contribution in [0.4, 0.5) is 0 Å². The number of hydrogen-bond donors (Lipinski definition) is 0. The van der Waals surface area contributed by atoms with Crippen molar-refractivity contribution in [1.29, 1.82) is 0 Å². The first-order valence-corrected chi connectivity index (χ1v) is 8.22. The smallest absolute Gasteiger partial charge is 0.119 e. The molecular formula is C19H24ClNO. The molecule has 0 saturated carbocycles. The van der Waals surface area contributed by atoms with Gasteiger partial charge in [-0.2, -0.15) is 0 Å². The zero-order valence-corrected chi connectivity index (χ0v) is 14.1. The molecule has 0 aliphatic heterocycles. The van der Waals surface area contributed by atoms with Gasteiger partial charge in [-0.15, -0.1) is 11.6 Å². The Kier molecular flexibility index (Phi) is 6.75. The molecule has 22 heavy (non-hydrogen) atoms. The summed E-state index contributed by atoms with van der Waals surface area (Å²) in [7, 11) is 2.10. The first kappa shape index (κ1) is 16.9.